The van der Waals surface area contributed by atoms with Crippen LogP contribution in [-0.4, -0.2) is 40.9 Å². The van der Waals surface area contributed by atoms with E-state index in [4.69, 9.17) is 0 Å². The summed E-state index contributed by atoms with van der Waals surface area (Å²) in [5.41, 5.74) is 1.35. The van der Waals surface area contributed by atoms with E-state index in [1.165, 1.54) is 16.3 Å². The fourth-order valence-corrected chi connectivity index (χ4v) is 3.08. The van der Waals surface area contributed by atoms with Crippen LogP contribution in [0.15, 0.2) is 53.8 Å². The molecule has 0 saturated carbocycles. The highest BCUT2D eigenvalue weighted by molar-refractivity contribution is 5.85. The van der Waals surface area contributed by atoms with Crippen molar-refractivity contribution in [2.45, 2.75) is 26.3 Å². The van der Waals surface area contributed by atoms with E-state index in [1.54, 1.807) is 13.4 Å². The van der Waals surface area contributed by atoms with Gasteiger partial charge in [-0.05, 0) is 22.8 Å². The van der Waals surface area contributed by atoms with Crippen LogP contribution in [0.1, 0.15) is 18.3 Å². The summed E-state index contributed by atoms with van der Waals surface area (Å²) in [6.07, 6.45) is 3.61. The molecule has 0 fully saturated rings. The summed E-state index contributed by atoms with van der Waals surface area (Å²) in [7, 11) is 1.80. The van der Waals surface area contributed by atoms with Crippen molar-refractivity contribution >= 4 is 16.7 Å². The summed E-state index contributed by atoms with van der Waals surface area (Å²) in [4.78, 5) is 4.30. The van der Waals surface area contributed by atoms with Crippen molar-refractivity contribution in [2.24, 2.45) is 4.99 Å². The van der Waals surface area contributed by atoms with E-state index in [9.17, 15) is 0 Å². The van der Waals surface area contributed by atoms with Crippen molar-refractivity contribution in [1.82, 2.24) is 25.4 Å². The number of nitrogens with zero attached hydrogens (tertiary/aromatic N) is 4. The largest absolute Gasteiger partial charge is 0.356 e. The number of aryl methyl sites for hydroxylation is 1. The first kappa shape index (κ1) is 17.9. The van der Waals surface area contributed by atoms with Gasteiger partial charge in [0.2, 0.25) is 0 Å². The van der Waals surface area contributed by atoms with Crippen molar-refractivity contribution in [1.29, 1.82) is 0 Å². The zero-order chi connectivity index (χ0) is 18.2. The normalized spacial score (nSPS) is 11.7. The average molecular weight is 350 g/mol. The van der Waals surface area contributed by atoms with E-state index < -0.39 is 0 Å². The number of aromatic nitrogens is 3. The summed E-state index contributed by atoms with van der Waals surface area (Å²) in [5, 5.41) is 17.4. The summed E-state index contributed by atoms with van der Waals surface area (Å²) < 4.78 is 2.07. The molecule has 0 saturated heterocycles. The second-order valence-corrected chi connectivity index (χ2v) is 6.11. The highest BCUT2D eigenvalue weighted by Gasteiger charge is 2.03. The van der Waals surface area contributed by atoms with Crippen molar-refractivity contribution in [3.05, 3.63) is 60.2 Å². The molecule has 2 aromatic carbocycles. The topological polar surface area (TPSA) is 67.1 Å². The van der Waals surface area contributed by atoms with Gasteiger partial charge in [0.1, 0.15) is 12.2 Å². The second-order valence-electron chi connectivity index (χ2n) is 6.11. The van der Waals surface area contributed by atoms with Crippen LogP contribution in [0.3, 0.4) is 0 Å². The van der Waals surface area contributed by atoms with Gasteiger partial charge in [-0.15, -0.1) is 10.2 Å². The highest BCUT2D eigenvalue weighted by atomic mass is 15.3. The fourth-order valence-electron chi connectivity index (χ4n) is 3.08. The lowest BCUT2D eigenvalue weighted by Crippen LogP contribution is -2.39. The lowest BCUT2D eigenvalue weighted by Gasteiger charge is -2.13. The molecule has 6 heteroatoms. The molecule has 2 N–H and O–H groups in total. The number of hydrogen-bond acceptors (Lipinski definition) is 3. The van der Waals surface area contributed by atoms with Gasteiger partial charge in [-0.2, -0.15) is 0 Å². The van der Waals surface area contributed by atoms with E-state index >= 15 is 0 Å². The predicted octanol–water partition coefficient (Wildman–Crippen LogP) is 2.40. The fraction of sp³-hybridized carbons (Fsp3) is 0.350. The van der Waals surface area contributed by atoms with Gasteiger partial charge in [0, 0.05) is 33.1 Å². The standard InChI is InChI=1S/C20H26N6/c1-3-19-25-24-15-26(19)14-13-23-20(21-2)22-12-11-17-9-6-8-16-7-4-5-10-18(16)17/h4-10,15H,3,11-14H2,1-2H3,(H2,21,22,23). The number of guanidine groups is 1. The minimum Gasteiger partial charge on any atom is -0.356 e. The Balaban J connectivity index is 1.48. The van der Waals surface area contributed by atoms with Crippen LogP contribution in [-0.2, 0) is 19.4 Å². The van der Waals surface area contributed by atoms with E-state index in [-0.39, 0.29) is 0 Å². The Kier molecular flexibility index (Phi) is 6.19. The molecule has 0 spiro atoms. The summed E-state index contributed by atoms with van der Waals surface area (Å²) in [6, 6.07) is 15.0. The molecule has 1 aromatic heterocycles. The maximum absolute atomic E-state index is 4.30. The third-order valence-corrected chi connectivity index (χ3v) is 4.45. The Morgan fingerprint density at radius 3 is 2.73 bits per heavy atom. The van der Waals surface area contributed by atoms with E-state index in [0.717, 1.165) is 44.3 Å². The van der Waals surface area contributed by atoms with Crippen LogP contribution < -0.4 is 10.6 Å². The van der Waals surface area contributed by atoms with Gasteiger partial charge in [0.25, 0.3) is 0 Å². The number of fused-ring (bicyclic) bond motifs is 1. The first-order valence-electron chi connectivity index (χ1n) is 9.09. The molecule has 1 heterocycles. The van der Waals surface area contributed by atoms with Gasteiger partial charge in [0.05, 0.1) is 0 Å². The molecule has 136 valence electrons. The average Bonchev–Trinajstić information content (AvgIpc) is 3.14. The molecular weight excluding hydrogens is 324 g/mol. The summed E-state index contributed by atoms with van der Waals surface area (Å²) in [5.74, 6) is 1.82. The van der Waals surface area contributed by atoms with Crippen molar-refractivity contribution in [2.75, 3.05) is 20.1 Å². The molecule has 0 aliphatic carbocycles. The first-order valence-corrected chi connectivity index (χ1v) is 9.09. The van der Waals surface area contributed by atoms with Gasteiger partial charge < -0.3 is 15.2 Å². The van der Waals surface area contributed by atoms with Crippen LogP contribution in [0.25, 0.3) is 10.8 Å². The molecule has 0 bridgehead atoms. The molecule has 3 rings (SSSR count). The van der Waals surface area contributed by atoms with E-state index in [0.29, 0.717) is 0 Å². The van der Waals surface area contributed by atoms with Gasteiger partial charge >= 0.3 is 0 Å². The van der Waals surface area contributed by atoms with Gasteiger partial charge in [0.15, 0.2) is 5.96 Å². The molecular formula is C20H26N6. The summed E-state index contributed by atoms with van der Waals surface area (Å²) in [6.45, 7) is 4.52. The molecule has 0 amide bonds. The van der Waals surface area contributed by atoms with Crippen molar-refractivity contribution in [3.63, 3.8) is 0 Å². The number of aliphatic imine (C=N–C) groups is 1. The molecule has 26 heavy (non-hydrogen) atoms. The third kappa shape index (κ3) is 4.39. The monoisotopic (exact) mass is 350 g/mol. The zero-order valence-electron chi connectivity index (χ0n) is 15.4. The predicted molar refractivity (Wildman–Crippen MR) is 106 cm³/mol. The quantitative estimate of drug-likeness (QED) is 0.507. The van der Waals surface area contributed by atoms with Crippen LogP contribution in [0.5, 0.6) is 0 Å². The lowest BCUT2D eigenvalue weighted by atomic mass is 10.0. The molecule has 0 radical (unpaired) electrons. The molecule has 0 aliphatic heterocycles. The second kappa shape index (κ2) is 8.99. The summed E-state index contributed by atoms with van der Waals surface area (Å²) >= 11 is 0. The van der Waals surface area contributed by atoms with Crippen LogP contribution in [0.2, 0.25) is 0 Å². The number of rotatable bonds is 7. The SMILES string of the molecule is CCc1nncn1CCNC(=NC)NCCc1cccc2ccccc12. The third-order valence-electron chi connectivity index (χ3n) is 4.45. The Morgan fingerprint density at radius 2 is 1.88 bits per heavy atom. The maximum atomic E-state index is 4.30. The molecule has 0 atom stereocenters. The molecule has 3 aromatic rings. The highest BCUT2D eigenvalue weighted by Crippen LogP contribution is 2.18. The number of benzene rings is 2. The molecule has 6 nitrogen and oxygen atoms in total. The van der Waals surface area contributed by atoms with E-state index in [2.05, 4.69) is 79.8 Å². The zero-order valence-corrected chi connectivity index (χ0v) is 15.4. The van der Waals surface area contributed by atoms with Crippen molar-refractivity contribution < 1.29 is 0 Å². The minimum atomic E-state index is 0.777. The molecule has 0 unspecified atom stereocenters. The number of hydrogen-bond donors (Lipinski definition) is 2. The first-order chi connectivity index (χ1) is 12.8. The van der Waals surface area contributed by atoms with Crippen LogP contribution in [0, 0.1) is 0 Å². The lowest BCUT2D eigenvalue weighted by molar-refractivity contribution is 0.632. The number of nitrogens with one attached hydrogen (secondary N) is 2. The maximum Gasteiger partial charge on any atom is 0.191 e. The molecule has 0 aliphatic rings. The Morgan fingerprint density at radius 1 is 1.08 bits per heavy atom. The van der Waals surface area contributed by atoms with Crippen LogP contribution in [0.4, 0.5) is 0 Å². The van der Waals surface area contributed by atoms with Gasteiger partial charge in [-0.3, -0.25) is 4.99 Å². The van der Waals surface area contributed by atoms with Gasteiger partial charge in [-0.25, -0.2) is 0 Å². The Hall–Kier alpha value is -2.89. The van der Waals surface area contributed by atoms with E-state index in [1.807, 2.05) is 0 Å². The minimum absolute atomic E-state index is 0.777. The van der Waals surface area contributed by atoms with Crippen molar-refractivity contribution in [3.8, 4) is 0 Å². The Labute approximate surface area is 154 Å². The van der Waals surface area contributed by atoms with Crippen LogP contribution >= 0.6 is 0 Å². The Bertz CT molecular complexity index is 862. The smallest absolute Gasteiger partial charge is 0.191 e. The van der Waals surface area contributed by atoms with Gasteiger partial charge in [-0.1, -0.05) is 49.4 Å².